The fourth-order valence-corrected chi connectivity index (χ4v) is 3.35. The van der Waals surface area contributed by atoms with Crippen molar-refractivity contribution in [2.45, 2.75) is 18.8 Å². The zero-order valence-electron chi connectivity index (χ0n) is 16.2. The molecule has 0 bridgehead atoms. The Bertz CT molecular complexity index is 1120. The first-order chi connectivity index (χ1) is 15.2. The minimum atomic E-state index is -4.74. The Labute approximate surface area is 183 Å². The number of hydrogen-bond donors (Lipinski definition) is 2. The highest BCUT2D eigenvalue weighted by Gasteiger charge is 2.37. The average Bonchev–Trinajstić information content (AvgIpc) is 3.35. The van der Waals surface area contributed by atoms with Gasteiger partial charge in [0.25, 0.3) is 0 Å². The Morgan fingerprint density at radius 3 is 2.81 bits per heavy atom. The predicted octanol–water partition coefficient (Wildman–Crippen LogP) is 2.57. The van der Waals surface area contributed by atoms with Crippen LogP contribution in [0.3, 0.4) is 0 Å². The lowest BCUT2D eigenvalue weighted by molar-refractivity contribution is -0.141. The second-order valence-electron chi connectivity index (χ2n) is 6.89. The van der Waals surface area contributed by atoms with Crippen LogP contribution >= 0.6 is 11.6 Å². The molecule has 1 amide bonds. The van der Waals surface area contributed by atoms with Gasteiger partial charge in [-0.05, 0) is 0 Å². The van der Waals surface area contributed by atoms with E-state index in [0.717, 1.165) is 16.9 Å². The van der Waals surface area contributed by atoms with Crippen LogP contribution in [0.25, 0.3) is 5.82 Å². The summed E-state index contributed by atoms with van der Waals surface area (Å²) in [5.74, 6) is -1.51. The van der Waals surface area contributed by atoms with E-state index in [4.69, 9.17) is 16.3 Å². The number of morpholine rings is 1. The molecule has 0 saturated carbocycles. The Morgan fingerprint density at radius 1 is 1.34 bits per heavy atom. The SMILES string of the molecule is O=C(Cn1cc(Cl)c(C(F)(F)F)n1)Nc1cnc(-n2cnc([C@@H]3COCCN3)c2)c(F)c1. The summed E-state index contributed by atoms with van der Waals surface area (Å²) in [5, 5.41) is 8.23. The van der Waals surface area contributed by atoms with Crippen molar-refractivity contribution in [3.8, 4) is 5.82 Å². The van der Waals surface area contributed by atoms with Gasteiger partial charge in [0.2, 0.25) is 5.91 Å². The number of carbonyl (C=O) groups is 1. The number of rotatable bonds is 5. The number of nitrogens with one attached hydrogen (secondary N) is 2. The summed E-state index contributed by atoms with van der Waals surface area (Å²) in [4.78, 5) is 20.4. The van der Waals surface area contributed by atoms with E-state index >= 15 is 0 Å². The number of hydrogen-bond acceptors (Lipinski definition) is 6. The number of imidazole rings is 1. The summed E-state index contributed by atoms with van der Waals surface area (Å²) in [6.45, 7) is 1.18. The van der Waals surface area contributed by atoms with Crippen molar-refractivity contribution in [2.24, 2.45) is 0 Å². The van der Waals surface area contributed by atoms with Crippen LogP contribution < -0.4 is 10.6 Å². The highest BCUT2D eigenvalue weighted by atomic mass is 35.5. The molecule has 2 N–H and O–H groups in total. The molecule has 14 heteroatoms. The van der Waals surface area contributed by atoms with E-state index < -0.39 is 35.2 Å². The highest BCUT2D eigenvalue weighted by molar-refractivity contribution is 6.31. The van der Waals surface area contributed by atoms with Crippen LogP contribution in [0.1, 0.15) is 17.4 Å². The van der Waals surface area contributed by atoms with Crippen molar-refractivity contribution in [2.75, 3.05) is 25.1 Å². The molecule has 3 aromatic rings. The Morgan fingerprint density at radius 2 is 2.16 bits per heavy atom. The number of alkyl halides is 3. The van der Waals surface area contributed by atoms with Crippen molar-refractivity contribution in [1.82, 2.24) is 29.6 Å². The van der Waals surface area contributed by atoms with Crippen molar-refractivity contribution < 1.29 is 27.1 Å². The summed E-state index contributed by atoms with van der Waals surface area (Å²) >= 11 is 5.51. The van der Waals surface area contributed by atoms with Gasteiger partial charge in [-0.3, -0.25) is 14.0 Å². The van der Waals surface area contributed by atoms with Gasteiger partial charge >= 0.3 is 6.18 Å². The van der Waals surface area contributed by atoms with Gasteiger partial charge in [-0.2, -0.15) is 18.3 Å². The van der Waals surface area contributed by atoms with Crippen LogP contribution in [0.15, 0.2) is 31.0 Å². The number of ether oxygens (including phenoxy) is 1. The Balaban J connectivity index is 1.42. The number of halogens is 5. The number of pyridine rings is 1. The number of carbonyl (C=O) groups excluding carboxylic acids is 1. The van der Waals surface area contributed by atoms with E-state index in [0.29, 0.717) is 25.5 Å². The lowest BCUT2D eigenvalue weighted by Crippen LogP contribution is -2.34. The molecular formula is C18H16ClF4N7O2. The largest absolute Gasteiger partial charge is 0.436 e. The lowest BCUT2D eigenvalue weighted by Gasteiger charge is -2.21. The average molecular weight is 474 g/mol. The summed E-state index contributed by atoms with van der Waals surface area (Å²) in [7, 11) is 0. The summed E-state index contributed by atoms with van der Waals surface area (Å²) < 4.78 is 60.4. The van der Waals surface area contributed by atoms with Crippen LogP contribution in [0.2, 0.25) is 5.02 Å². The van der Waals surface area contributed by atoms with Gasteiger partial charge in [0.05, 0.1) is 41.9 Å². The molecule has 1 saturated heterocycles. The monoisotopic (exact) mass is 473 g/mol. The quantitative estimate of drug-likeness (QED) is 0.553. The molecule has 0 spiro atoms. The molecule has 3 aromatic heterocycles. The second kappa shape index (κ2) is 8.84. The van der Waals surface area contributed by atoms with E-state index in [1.165, 1.54) is 17.1 Å². The van der Waals surface area contributed by atoms with Gasteiger partial charge in [-0.25, -0.2) is 14.4 Å². The molecule has 9 nitrogen and oxygen atoms in total. The van der Waals surface area contributed by atoms with Gasteiger partial charge in [0, 0.05) is 25.0 Å². The number of nitrogens with zero attached hydrogens (tertiary/aromatic N) is 5. The third kappa shape index (κ3) is 4.89. The van der Waals surface area contributed by atoms with Gasteiger partial charge in [0.15, 0.2) is 17.3 Å². The molecule has 1 aliphatic heterocycles. The van der Waals surface area contributed by atoms with E-state index in [-0.39, 0.29) is 17.5 Å². The molecule has 1 aliphatic rings. The van der Waals surface area contributed by atoms with Crippen LogP contribution in [-0.4, -0.2) is 50.0 Å². The normalized spacial score (nSPS) is 16.8. The summed E-state index contributed by atoms with van der Waals surface area (Å²) in [6, 6.07) is 0.930. The van der Waals surface area contributed by atoms with Crippen molar-refractivity contribution in [3.63, 3.8) is 0 Å². The van der Waals surface area contributed by atoms with Gasteiger partial charge in [-0.1, -0.05) is 11.6 Å². The van der Waals surface area contributed by atoms with Gasteiger partial charge in [-0.15, -0.1) is 0 Å². The van der Waals surface area contributed by atoms with Crippen LogP contribution in [0, 0.1) is 5.82 Å². The predicted molar refractivity (Wildman–Crippen MR) is 104 cm³/mol. The molecular weight excluding hydrogens is 458 g/mol. The van der Waals surface area contributed by atoms with Crippen molar-refractivity contribution in [1.29, 1.82) is 0 Å². The zero-order chi connectivity index (χ0) is 22.9. The van der Waals surface area contributed by atoms with Crippen molar-refractivity contribution in [3.05, 3.63) is 53.2 Å². The maximum atomic E-state index is 14.6. The number of amides is 1. The van der Waals surface area contributed by atoms with E-state index in [1.54, 1.807) is 6.20 Å². The fourth-order valence-electron chi connectivity index (χ4n) is 3.10. The van der Waals surface area contributed by atoms with E-state index in [2.05, 4.69) is 25.7 Å². The first-order valence-corrected chi connectivity index (χ1v) is 9.69. The van der Waals surface area contributed by atoms with Crippen LogP contribution in [0.5, 0.6) is 0 Å². The maximum absolute atomic E-state index is 14.6. The molecule has 1 atom stereocenters. The van der Waals surface area contributed by atoms with E-state index in [1.807, 2.05) is 0 Å². The standard InChI is InChI=1S/C18H16ClF4N7O2/c19-11-5-30(28-16(11)18(21,22)23)7-15(31)27-10-3-12(20)17(25-4-10)29-6-13(26-9-29)14-8-32-2-1-24-14/h3-6,9,14,24H,1-2,7-8H2,(H,27,31)/t14-/m0/s1. The van der Waals surface area contributed by atoms with Gasteiger partial charge in [0.1, 0.15) is 12.9 Å². The minimum Gasteiger partial charge on any atom is -0.378 e. The van der Waals surface area contributed by atoms with E-state index in [9.17, 15) is 22.4 Å². The van der Waals surface area contributed by atoms with Crippen LogP contribution in [-0.2, 0) is 22.3 Å². The molecule has 0 unspecified atom stereocenters. The third-order valence-electron chi connectivity index (χ3n) is 4.52. The van der Waals surface area contributed by atoms with Crippen molar-refractivity contribution >= 4 is 23.2 Å². The van der Waals surface area contributed by atoms with Crippen LogP contribution in [0.4, 0.5) is 23.2 Å². The lowest BCUT2D eigenvalue weighted by atomic mass is 10.2. The molecule has 1 fully saturated rings. The second-order valence-corrected chi connectivity index (χ2v) is 7.29. The first kappa shape index (κ1) is 22.2. The molecule has 170 valence electrons. The first-order valence-electron chi connectivity index (χ1n) is 9.31. The molecule has 0 radical (unpaired) electrons. The Hall–Kier alpha value is -3.03. The minimum absolute atomic E-state index is 0.0215. The molecule has 4 heterocycles. The maximum Gasteiger partial charge on any atom is 0.436 e. The smallest absolute Gasteiger partial charge is 0.378 e. The topological polar surface area (TPSA) is 98.9 Å². The number of anilines is 1. The molecule has 4 rings (SSSR count). The summed E-state index contributed by atoms with van der Waals surface area (Å²) in [5.41, 5.74) is -0.605. The third-order valence-corrected chi connectivity index (χ3v) is 4.80. The fraction of sp³-hybridized carbons (Fsp3) is 0.333. The number of aromatic nitrogens is 5. The Kier molecular flexibility index (Phi) is 6.13. The highest BCUT2D eigenvalue weighted by Crippen LogP contribution is 2.33. The molecule has 32 heavy (non-hydrogen) atoms. The van der Waals surface area contributed by atoms with Gasteiger partial charge < -0.3 is 15.4 Å². The molecule has 0 aromatic carbocycles. The zero-order valence-corrected chi connectivity index (χ0v) is 17.0. The summed E-state index contributed by atoms with van der Waals surface area (Å²) in [6.07, 6.45) is 0.392. The molecule has 0 aliphatic carbocycles.